The second kappa shape index (κ2) is 8.97. The molecular formula is C23H34N2O3. The summed E-state index contributed by atoms with van der Waals surface area (Å²) < 4.78 is 5.43. The Bertz CT molecular complexity index is 652. The molecule has 0 aromatic heterocycles. The molecule has 1 aliphatic carbocycles. The Hall–Kier alpha value is -2.04. The quantitative estimate of drug-likeness (QED) is 0.833. The second-order valence-electron chi connectivity index (χ2n) is 9.21. The van der Waals surface area contributed by atoms with Gasteiger partial charge in [0.25, 0.3) is 0 Å². The molecule has 28 heavy (non-hydrogen) atoms. The van der Waals surface area contributed by atoms with Crippen LogP contribution in [0.3, 0.4) is 0 Å². The molecule has 0 unspecified atom stereocenters. The molecule has 154 valence electrons. The third-order valence-electron chi connectivity index (χ3n) is 5.86. The number of piperidine rings is 1. The van der Waals surface area contributed by atoms with Crippen LogP contribution in [-0.2, 0) is 9.53 Å². The SMILES string of the molecule is CC(C)(C)OC(=O)N1CCC(C(=O)NC2CCC(c3ccccc3)CC2)CC1. The van der Waals surface area contributed by atoms with Gasteiger partial charge in [0.1, 0.15) is 5.60 Å². The van der Waals surface area contributed by atoms with Crippen LogP contribution in [0, 0.1) is 5.92 Å². The molecule has 1 saturated heterocycles. The number of carbonyl (C=O) groups excluding carboxylic acids is 2. The molecule has 2 aliphatic rings. The lowest BCUT2D eigenvalue weighted by molar-refractivity contribution is -0.127. The van der Waals surface area contributed by atoms with Crippen molar-refractivity contribution in [2.24, 2.45) is 5.92 Å². The first-order valence-corrected chi connectivity index (χ1v) is 10.6. The van der Waals surface area contributed by atoms with E-state index < -0.39 is 5.60 Å². The van der Waals surface area contributed by atoms with Crippen molar-refractivity contribution in [1.82, 2.24) is 10.2 Å². The van der Waals surface area contributed by atoms with Crippen molar-refractivity contribution in [1.29, 1.82) is 0 Å². The van der Waals surface area contributed by atoms with Crippen LogP contribution in [0.15, 0.2) is 30.3 Å². The van der Waals surface area contributed by atoms with Gasteiger partial charge in [-0.2, -0.15) is 0 Å². The highest BCUT2D eigenvalue weighted by Crippen LogP contribution is 2.33. The van der Waals surface area contributed by atoms with E-state index in [1.54, 1.807) is 4.90 Å². The number of benzene rings is 1. The van der Waals surface area contributed by atoms with E-state index >= 15 is 0 Å². The van der Waals surface area contributed by atoms with Crippen LogP contribution in [0.1, 0.15) is 70.8 Å². The maximum Gasteiger partial charge on any atom is 0.410 e. The van der Waals surface area contributed by atoms with Crippen LogP contribution < -0.4 is 5.32 Å². The van der Waals surface area contributed by atoms with Gasteiger partial charge in [-0.15, -0.1) is 0 Å². The molecule has 2 fully saturated rings. The minimum atomic E-state index is -0.482. The fourth-order valence-electron chi connectivity index (χ4n) is 4.27. The largest absolute Gasteiger partial charge is 0.444 e. The Labute approximate surface area is 168 Å². The van der Waals surface area contributed by atoms with Crippen LogP contribution in [-0.4, -0.2) is 41.6 Å². The standard InChI is InChI=1S/C23H34N2O3/c1-23(2,3)28-22(27)25-15-13-19(14-16-25)21(26)24-20-11-9-18(10-12-20)17-7-5-4-6-8-17/h4-8,18-20H,9-16H2,1-3H3,(H,24,26). The molecule has 1 aliphatic heterocycles. The molecule has 5 nitrogen and oxygen atoms in total. The summed E-state index contributed by atoms with van der Waals surface area (Å²) >= 11 is 0. The Morgan fingerprint density at radius 2 is 1.57 bits per heavy atom. The molecule has 1 N–H and O–H groups in total. The molecule has 1 saturated carbocycles. The van der Waals surface area contributed by atoms with Gasteiger partial charge >= 0.3 is 6.09 Å². The average Bonchev–Trinajstić information content (AvgIpc) is 2.68. The molecule has 0 radical (unpaired) electrons. The molecule has 1 aromatic carbocycles. The van der Waals surface area contributed by atoms with Crippen molar-refractivity contribution in [2.75, 3.05) is 13.1 Å². The van der Waals surface area contributed by atoms with Gasteiger partial charge in [-0.25, -0.2) is 4.79 Å². The van der Waals surface area contributed by atoms with Crippen LogP contribution in [0.4, 0.5) is 4.79 Å². The molecule has 1 heterocycles. The van der Waals surface area contributed by atoms with Crippen molar-refractivity contribution in [2.45, 2.75) is 76.9 Å². The maximum atomic E-state index is 12.7. The predicted molar refractivity (Wildman–Crippen MR) is 110 cm³/mol. The van der Waals surface area contributed by atoms with Gasteiger partial charge in [-0.1, -0.05) is 30.3 Å². The van der Waals surface area contributed by atoms with E-state index in [2.05, 4.69) is 35.6 Å². The zero-order valence-corrected chi connectivity index (χ0v) is 17.4. The van der Waals surface area contributed by atoms with Crippen LogP contribution >= 0.6 is 0 Å². The van der Waals surface area contributed by atoms with Gasteiger partial charge in [-0.05, 0) is 70.8 Å². The van der Waals surface area contributed by atoms with E-state index in [9.17, 15) is 9.59 Å². The van der Waals surface area contributed by atoms with E-state index in [-0.39, 0.29) is 24.0 Å². The number of ether oxygens (including phenoxy) is 1. The normalized spacial score (nSPS) is 23.9. The molecule has 0 spiro atoms. The Balaban J connectivity index is 1.40. The maximum absolute atomic E-state index is 12.7. The fourth-order valence-corrected chi connectivity index (χ4v) is 4.27. The van der Waals surface area contributed by atoms with Crippen molar-refractivity contribution in [3.05, 3.63) is 35.9 Å². The molecular weight excluding hydrogens is 352 g/mol. The van der Waals surface area contributed by atoms with Crippen LogP contribution in [0.25, 0.3) is 0 Å². The minimum Gasteiger partial charge on any atom is -0.444 e. The number of nitrogens with one attached hydrogen (secondary N) is 1. The first kappa shape index (κ1) is 20.7. The van der Waals surface area contributed by atoms with E-state index in [4.69, 9.17) is 4.74 Å². The van der Waals surface area contributed by atoms with Crippen LogP contribution in [0.5, 0.6) is 0 Å². The lowest BCUT2D eigenvalue weighted by Crippen LogP contribution is -2.47. The third-order valence-corrected chi connectivity index (χ3v) is 5.86. The number of hydrogen-bond acceptors (Lipinski definition) is 3. The summed E-state index contributed by atoms with van der Waals surface area (Å²) in [5, 5.41) is 3.27. The highest BCUT2D eigenvalue weighted by Gasteiger charge is 2.31. The summed E-state index contributed by atoms with van der Waals surface area (Å²) in [5.74, 6) is 0.781. The lowest BCUT2D eigenvalue weighted by atomic mass is 9.81. The summed E-state index contributed by atoms with van der Waals surface area (Å²) in [6.45, 7) is 6.80. The summed E-state index contributed by atoms with van der Waals surface area (Å²) in [7, 11) is 0. The number of rotatable bonds is 3. The average molecular weight is 387 g/mol. The number of nitrogens with zero attached hydrogens (tertiary/aromatic N) is 1. The smallest absolute Gasteiger partial charge is 0.410 e. The Morgan fingerprint density at radius 1 is 0.964 bits per heavy atom. The van der Waals surface area contributed by atoms with Gasteiger partial charge in [0.2, 0.25) is 5.91 Å². The summed E-state index contributed by atoms with van der Waals surface area (Å²) in [4.78, 5) is 26.6. The summed E-state index contributed by atoms with van der Waals surface area (Å²) in [6, 6.07) is 11.0. The second-order valence-corrected chi connectivity index (χ2v) is 9.21. The topological polar surface area (TPSA) is 58.6 Å². The fraction of sp³-hybridized carbons (Fsp3) is 0.652. The van der Waals surface area contributed by atoms with Crippen molar-refractivity contribution >= 4 is 12.0 Å². The Morgan fingerprint density at radius 3 is 2.14 bits per heavy atom. The van der Waals surface area contributed by atoms with Crippen LogP contribution in [0.2, 0.25) is 0 Å². The summed E-state index contributed by atoms with van der Waals surface area (Å²) in [5.41, 5.74) is 0.936. The van der Waals surface area contributed by atoms with Gasteiger partial charge in [-0.3, -0.25) is 4.79 Å². The van der Waals surface area contributed by atoms with E-state index in [0.717, 1.165) is 25.7 Å². The van der Waals surface area contributed by atoms with Gasteiger partial charge < -0.3 is 15.0 Å². The predicted octanol–water partition coefficient (Wildman–Crippen LogP) is 4.48. The van der Waals surface area contributed by atoms with Crippen molar-refractivity contribution in [3.63, 3.8) is 0 Å². The number of likely N-dealkylation sites (tertiary alicyclic amines) is 1. The zero-order valence-electron chi connectivity index (χ0n) is 17.4. The van der Waals surface area contributed by atoms with Gasteiger partial charge in [0, 0.05) is 25.0 Å². The highest BCUT2D eigenvalue weighted by molar-refractivity contribution is 5.79. The zero-order chi connectivity index (χ0) is 20.1. The number of carbonyl (C=O) groups is 2. The molecule has 5 heteroatoms. The first-order chi connectivity index (χ1) is 13.3. The van der Waals surface area contributed by atoms with E-state index in [1.165, 1.54) is 5.56 Å². The number of amides is 2. The van der Waals surface area contributed by atoms with Gasteiger partial charge in [0.15, 0.2) is 0 Å². The lowest BCUT2D eigenvalue weighted by Gasteiger charge is -2.34. The first-order valence-electron chi connectivity index (χ1n) is 10.6. The van der Waals surface area contributed by atoms with Gasteiger partial charge in [0.05, 0.1) is 0 Å². The third kappa shape index (κ3) is 5.73. The highest BCUT2D eigenvalue weighted by atomic mass is 16.6. The minimum absolute atomic E-state index is 0.00512. The molecule has 1 aromatic rings. The van der Waals surface area contributed by atoms with E-state index in [0.29, 0.717) is 31.8 Å². The van der Waals surface area contributed by atoms with E-state index in [1.807, 2.05) is 20.8 Å². The molecule has 0 atom stereocenters. The molecule has 3 rings (SSSR count). The molecule has 0 bridgehead atoms. The number of hydrogen-bond donors (Lipinski definition) is 1. The Kier molecular flexibility index (Phi) is 6.63. The van der Waals surface area contributed by atoms with Crippen molar-refractivity contribution in [3.8, 4) is 0 Å². The summed E-state index contributed by atoms with van der Waals surface area (Å²) in [6.07, 6.45) is 5.50. The molecule has 2 amide bonds. The monoisotopic (exact) mass is 386 g/mol. The van der Waals surface area contributed by atoms with Crippen molar-refractivity contribution < 1.29 is 14.3 Å².